The van der Waals surface area contributed by atoms with Crippen molar-refractivity contribution in [1.29, 1.82) is 0 Å². The zero-order chi connectivity index (χ0) is 20.9. The highest BCUT2D eigenvalue weighted by atomic mass is 16.5. The van der Waals surface area contributed by atoms with Crippen LogP contribution in [0.1, 0.15) is 28.8 Å². The molecule has 154 valence electrons. The van der Waals surface area contributed by atoms with Crippen molar-refractivity contribution in [2.45, 2.75) is 19.4 Å². The zero-order valence-electron chi connectivity index (χ0n) is 17.1. The van der Waals surface area contributed by atoms with Gasteiger partial charge in [0.05, 0.1) is 7.11 Å². The first kappa shape index (κ1) is 20.0. The number of hydrogen-bond acceptors (Lipinski definition) is 6. The lowest BCUT2D eigenvalue weighted by molar-refractivity contribution is 0.0835. The molecule has 0 atom stereocenters. The van der Waals surface area contributed by atoms with E-state index in [4.69, 9.17) is 10.5 Å². The second kappa shape index (κ2) is 9.05. The maximum atomic E-state index is 12.8. The van der Waals surface area contributed by atoms with Crippen LogP contribution in [-0.2, 0) is 6.54 Å². The lowest BCUT2D eigenvalue weighted by Gasteiger charge is -2.31. The van der Waals surface area contributed by atoms with E-state index in [1.54, 1.807) is 19.5 Å². The fraction of sp³-hybridized carbons (Fsp3) is 0.292. The molecule has 0 unspecified atom stereocenters. The molecule has 6 heteroatoms. The highest BCUT2D eigenvalue weighted by Crippen LogP contribution is 2.27. The van der Waals surface area contributed by atoms with Gasteiger partial charge in [-0.2, -0.15) is 0 Å². The monoisotopic (exact) mass is 402 g/mol. The number of rotatable bonds is 6. The average molecular weight is 402 g/mol. The SMILES string of the molecule is COc1ccc(C(=O)C2CCN(Cc3ccccc3-c3cnc(N)nc3)CC2)cc1. The first-order valence-corrected chi connectivity index (χ1v) is 10.2. The predicted octanol–water partition coefficient (Wildman–Crippen LogP) is 3.83. The lowest BCUT2D eigenvalue weighted by atomic mass is 9.88. The van der Waals surface area contributed by atoms with E-state index < -0.39 is 0 Å². The topological polar surface area (TPSA) is 81.3 Å². The summed E-state index contributed by atoms with van der Waals surface area (Å²) in [6.45, 7) is 2.64. The molecule has 0 amide bonds. The van der Waals surface area contributed by atoms with E-state index in [9.17, 15) is 4.79 Å². The summed E-state index contributed by atoms with van der Waals surface area (Å²) in [5.41, 5.74) is 9.70. The number of piperidine rings is 1. The van der Waals surface area contributed by atoms with Gasteiger partial charge in [-0.05, 0) is 61.3 Å². The standard InChI is InChI=1S/C24H26N4O2/c1-30-21-8-6-17(7-9-21)23(29)18-10-12-28(13-11-18)16-19-4-2-3-5-22(19)20-14-26-24(25)27-15-20/h2-9,14-15,18H,10-13,16H2,1H3,(H2,25,26,27). The van der Waals surface area contributed by atoms with Crippen LogP contribution in [0.25, 0.3) is 11.1 Å². The molecule has 0 spiro atoms. The second-order valence-electron chi connectivity index (χ2n) is 7.63. The van der Waals surface area contributed by atoms with Crippen molar-refractivity contribution in [3.8, 4) is 16.9 Å². The molecule has 30 heavy (non-hydrogen) atoms. The highest BCUT2D eigenvalue weighted by Gasteiger charge is 2.26. The number of aromatic nitrogens is 2. The van der Waals surface area contributed by atoms with E-state index in [0.717, 1.165) is 54.9 Å². The number of Topliss-reactive ketones (excluding diaryl/α,β-unsaturated/α-hetero) is 1. The molecule has 2 aromatic carbocycles. The average Bonchev–Trinajstić information content (AvgIpc) is 2.80. The summed E-state index contributed by atoms with van der Waals surface area (Å²) < 4.78 is 5.18. The van der Waals surface area contributed by atoms with Gasteiger partial charge in [0.15, 0.2) is 5.78 Å². The van der Waals surface area contributed by atoms with Crippen LogP contribution in [0.15, 0.2) is 60.9 Å². The molecule has 6 nitrogen and oxygen atoms in total. The van der Waals surface area contributed by atoms with Crippen LogP contribution in [0.4, 0.5) is 5.95 Å². The van der Waals surface area contributed by atoms with Gasteiger partial charge in [-0.15, -0.1) is 0 Å². The van der Waals surface area contributed by atoms with E-state index in [0.29, 0.717) is 0 Å². The Hall–Kier alpha value is -3.25. The molecular weight excluding hydrogens is 376 g/mol. The number of methoxy groups -OCH3 is 1. The van der Waals surface area contributed by atoms with Crippen molar-refractivity contribution >= 4 is 11.7 Å². The molecule has 1 aromatic heterocycles. The van der Waals surface area contributed by atoms with Gasteiger partial charge in [-0.1, -0.05) is 24.3 Å². The molecule has 1 saturated heterocycles. The van der Waals surface area contributed by atoms with Crippen molar-refractivity contribution in [2.24, 2.45) is 5.92 Å². The number of likely N-dealkylation sites (tertiary alicyclic amines) is 1. The van der Waals surface area contributed by atoms with Crippen LogP contribution in [-0.4, -0.2) is 40.9 Å². The number of nitrogens with two attached hydrogens (primary N) is 1. The summed E-state index contributed by atoms with van der Waals surface area (Å²) in [6.07, 6.45) is 5.28. The fourth-order valence-corrected chi connectivity index (χ4v) is 4.00. The smallest absolute Gasteiger partial charge is 0.219 e. The van der Waals surface area contributed by atoms with Crippen LogP contribution in [0.3, 0.4) is 0 Å². The maximum Gasteiger partial charge on any atom is 0.219 e. The van der Waals surface area contributed by atoms with Crippen LogP contribution in [0.5, 0.6) is 5.75 Å². The Morgan fingerprint density at radius 1 is 1.07 bits per heavy atom. The molecule has 1 fully saturated rings. The predicted molar refractivity (Wildman–Crippen MR) is 117 cm³/mol. The summed E-state index contributed by atoms with van der Waals surface area (Å²) >= 11 is 0. The molecular formula is C24H26N4O2. The summed E-state index contributed by atoms with van der Waals surface area (Å²) in [7, 11) is 1.63. The van der Waals surface area contributed by atoms with Gasteiger partial charge >= 0.3 is 0 Å². The first-order valence-electron chi connectivity index (χ1n) is 10.2. The summed E-state index contributed by atoms with van der Waals surface area (Å²) in [5, 5.41) is 0. The molecule has 0 aliphatic carbocycles. The third-order valence-corrected chi connectivity index (χ3v) is 5.73. The van der Waals surface area contributed by atoms with E-state index in [2.05, 4.69) is 33.1 Å². The molecule has 2 N–H and O–H groups in total. The Balaban J connectivity index is 1.39. The number of ketones is 1. The van der Waals surface area contributed by atoms with Gasteiger partial charge in [0.1, 0.15) is 5.75 Å². The number of hydrogen-bond donors (Lipinski definition) is 1. The molecule has 0 radical (unpaired) electrons. The minimum absolute atomic E-state index is 0.0791. The minimum Gasteiger partial charge on any atom is -0.497 e. The van der Waals surface area contributed by atoms with E-state index in [1.165, 1.54) is 5.56 Å². The Labute approximate surface area is 176 Å². The molecule has 3 aromatic rings. The highest BCUT2D eigenvalue weighted by molar-refractivity contribution is 5.98. The number of benzene rings is 2. The Morgan fingerprint density at radius 3 is 2.40 bits per heavy atom. The summed E-state index contributed by atoms with van der Waals surface area (Å²) in [4.78, 5) is 23.5. The maximum absolute atomic E-state index is 12.8. The van der Waals surface area contributed by atoms with Gasteiger partial charge in [0.25, 0.3) is 0 Å². The van der Waals surface area contributed by atoms with Crippen molar-refractivity contribution < 1.29 is 9.53 Å². The summed E-state index contributed by atoms with van der Waals surface area (Å²) in [6, 6.07) is 15.7. The first-order chi connectivity index (χ1) is 14.6. The Bertz CT molecular complexity index is 994. The number of nitrogen functional groups attached to an aromatic ring is 1. The number of carbonyl (C=O) groups excluding carboxylic acids is 1. The number of ether oxygens (including phenoxy) is 1. The quantitative estimate of drug-likeness (QED) is 0.631. The number of anilines is 1. The normalized spacial score (nSPS) is 15.1. The zero-order valence-corrected chi connectivity index (χ0v) is 17.1. The third-order valence-electron chi connectivity index (χ3n) is 5.73. The minimum atomic E-state index is 0.0791. The second-order valence-corrected chi connectivity index (χ2v) is 7.63. The van der Waals surface area contributed by atoms with Gasteiger partial charge in [0, 0.05) is 36.0 Å². The van der Waals surface area contributed by atoms with E-state index >= 15 is 0 Å². The number of nitrogens with zero attached hydrogens (tertiary/aromatic N) is 3. The lowest BCUT2D eigenvalue weighted by Crippen LogP contribution is -2.36. The largest absolute Gasteiger partial charge is 0.497 e. The van der Waals surface area contributed by atoms with Crippen molar-refractivity contribution in [3.05, 3.63) is 72.1 Å². The van der Waals surface area contributed by atoms with Crippen LogP contribution < -0.4 is 10.5 Å². The fourth-order valence-electron chi connectivity index (χ4n) is 4.00. The van der Waals surface area contributed by atoms with E-state index in [-0.39, 0.29) is 17.6 Å². The molecule has 1 aliphatic rings. The van der Waals surface area contributed by atoms with Gasteiger partial charge in [0.2, 0.25) is 5.95 Å². The van der Waals surface area contributed by atoms with Crippen LogP contribution in [0.2, 0.25) is 0 Å². The third kappa shape index (κ3) is 4.49. The molecule has 2 heterocycles. The molecule has 0 bridgehead atoms. The Morgan fingerprint density at radius 2 is 1.73 bits per heavy atom. The Kier molecular flexibility index (Phi) is 6.05. The van der Waals surface area contributed by atoms with Crippen LogP contribution >= 0.6 is 0 Å². The number of carbonyl (C=O) groups is 1. The van der Waals surface area contributed by atoms with Crippen molar-refractivity contribution in [1.82, 2.24) is 14.9 Å². The van der Waals surface area contributed by atoms with E-state index in [1.807, 2.05) is 30.3 Å². The van der Waals surface area contributed by atoms with Crippen molar-refractivity contribution in [2.75, 3.05) is 25.9 Å². The molecule has 0 saturated carbocycles. The van der Waals surface area contributed by atoms with Crippen LogP contribution in [0, 0.1) is 5.92 Å². The molecule has 4 rings (SSSR count). The van der Waals surface area contributed by atoms with Gasteiger partial charge < -0.3 is 10.5 Å². The van der Waals surface area contributed by atoms with Gasteiger partial charge in [-0.25, -0.2) is 9.97 Å². The van der Waals surface area contributed by atoms with Crippen molar-refractivity contribution in [3.63, 3.8) is 0 Å². The summed E-state index contributed by atoms with van der Waals surface area (Å²) in [5.74, 6) is 1.36. The molecule has 1 aliphatic heterocycles. The van der Waals surface area contributed by atoms with Gasteiger partial charge in [-0.3, -0.25) is 9.69 Å².